The van der Waals surface area contributed by atoms with Gasteiger partial charge < -0.3 is 10.2 Å². The summed E-state index contributed by atoms with van der Waals surface area (Å²) in [5.74, 6) is -0.236. The number of carbonyl (C=O) groups is 1. The number of nitrogens with zero attached hydrogens (tertiary/aromatic N) is 3. The zero-order valence-corrected chi connectivity index (χ0v) is 13.3. The lowest BCUT2D eigenvalue weighted by Crippen LogP contribution is -2.26. The van der Waals surface area contributed by atoms with Crippen LogP contribution in [0.25, 0.3) is 11.0 Å². The van der Waals surface area contributed by atoms with E-state index in [1.54, 1.807) is 0 Å². The Labute approximate surface area is 134 Å². The number of hydrogen-bond donors (Lipinski definition) is 1. The number of fused-ring (bicyclic) bond motifs is 1. The van der Waals surface area contributed by atoms with Crippen LogP contribution in [0.3, 0.4) is 0 Å². The molecule has 1 amide bonds. The summed E-state index contributed by atoms with van der Waals surface area (Å²) in [6.45, 7) is 5.84. The quantitative estimate of drug-likeness (QED) is 0.803. The van der Waals surface area contributed by atoms with E-state index in [9.17, 15) is 4.79 Å². The molecule has 6 nitrogen and oxygen atoms in total. The minimum absolute atomic E-state index is 0.139. The molecule has 0 bridgehead atoms. The fraction of sp³-hybridized carbons (Fsp3) is 0.235. The van der Waals surface area contributed by atoms with Gasteiger partial charge in [-0.1, -0.05) is 34.7 Å². The number of aryl methyl sites for hydroxylation is 3. The van der Waals surface area contributed by atoms with Gasteiger partial charge in [-0.3, -0.25) is 4.79 Å². The smallest absolute Gasteiger partial charge is 0.265 e. The Kier molecular flexibility index (Phi) is 3.97. The van der Waals surface area contributed by atoms with Gasteiger partial charge in [-0.25, -0.2) is 0 Å². The van der Waals surface area contributed by atoms with Gasteiger partial charge >= 0.3 is 0 Å². The summed E-state index contributed by atoms with van der Waals surface area (Å²) in [6, 6.07) is 11.5. The van der Waals surface area contributed by atoms with Crippen LogP contribution in [0.5, 0.6) is 0 Å². The number of para-hydroxylation sites is 1. The molecule has 1 heterocycles. The van der Waals surface area contributed by atoms with Crippen molar-refractivity contribution in [1.82, 2.24) is 15.2 Å². The van der Waals surface area contributed by atoms with Gasteiger partial charge in [-0.05, 0) is 49.2 Å². The van der Waals surface area contributed by atoms with E-state index in [0.717, 1.165) is 27.8 Å². The highest BCUT2D eigenvalue weighted by Crippen LogP contribution is 2.21. The van der Waals surface area contributed by atoms with Gasteiger partial charge in [0.1, 0.15) is 11.0 Å². The van der Waals surface area contributed by atoms with Crippen LogP contribution in [-0.2, 0) is 4.79 Å². The Morgan fingerprint density at radius 3 is 2.61 bits per heavy atom. The second-order valence-electron chi connectivity index (χ2n) is 5.55. The number of aromatic nitrogens is 3. The second kappa shape index (κ2) is 6.08. The topological polar surface area (TPSA) is 69.0 Å². The third-order valence-corrected chi connectivity index (χ3v) is 3.58. The lowest BCUT2D eigenvalue weighted by atomic mass is 10.1. The predicted octanol–water partition coefficient (Wildman–Crippen LogP) is 2.42. The molecule has 3 aromatic rings. The second-order valence-corrected chi connectivity index (χ2v) is 5.55. The van der Waals surface area contributed by atoms with Gasteiger partial charge in [0.25, 0.3) is 5.91 Å². The zero-order valence-electron chi connectivity index (χ0n) is 13.3. The molecule has 0 radical (unpaired) electrons. The molecular weight excluding hydrogens is 292 g/mol. The molecule has 3 rings (SSSR count). The van der Waals surface area contributed by atoms with E-state index in [1.165, 1.54) is 10.4 Å². The third kappa shape index (κ3) is 3.15. The number of benzene rings is 2. The fourth-order valence-electron chi connectivity index (χ4n) is 2.62. The molecule has 1 N–H and O–H groups in total. The van der Waals surface area contributed by atoms with Crippen molar-refractivity contribution in [2.24, 2.45) is 0 Å². The molecule has 0 aliphatic carbocycles. The van der Waals surface area contributed by atoms with Crippen LogP contribution in [0.4, 0.5) is 5.69 Å². The summed E-state index contributed by atoms with van der Waals surface area (Å²) < 4.78 is 0. The van der Waals surface area contributed by atoms with Crippen LogP contribution in [0, 0.1) is 20.8 Å². The van der Waals surface area contributed by atoms with E-state index in [1.807, 2.05) is 57.2 Å². The third-order valence-electron chi connectivity index (χ3n) is 3.58. The summed E-state index contributed by atoms with van der Waals surface area (Å²) in [6.07, 6.45) is 0. The lowest BCUT2D eigenvalue weighted by Gasteiger charge is -2.13. The minimum atomic E-state index is -0.236. The molecule has 0 saturated heterocycles. The molecule has 23 heavy (non-hydrogen) atoms. The Balaban J connectivity index is 1.69. The first-order valence-corrected chi connectivity index (χ1v) is 7.36. The molecular formula is C17H18N4O2. The lowest BCUT2D eigenvalue weighted by molar-refractivity contribution is -0.121. The first kappa shape index (κ1) is 15.0. The standard InChI is InChI=1S/C17H18N4O2/c1-11-8-12(2)17(13(3)9-11)18-16(22)10-23-21-15-7-5-4-6-14(15)19-20-21/h4-9H,10H2,1-3H3,(H,18,22). The van der Waals surface area contributed by atoms with E-state index >= 15 is 0 Å². The van der Waals surface area contributed by atoms with Gasteiger partial charge in [-0.15, -0.1) is 5.10 Å². The molecule has 2 aromatic carbocycles. The van der Waals surface area contributed by atoms with Crippen LogP contribution >= 0.6 is 0 Å². The zero-order chi connectivity index (χ0) is 16.4. The van der Waals surface area contributed by atoms with Gasteiger partial charge in [-0.2, -0.15) is 0 Å². The number of carbonyl (C=O) groups excluding carboxylic acids is 1. The molecule has 0 fully saturated rings. The highest BCUT2D eigenvalue weighted by Gasteiger charge is 2.10. The molecule has 0 aliphatic rings. The van der Waals surface area contributed by atoms with Crippen molar-refractivity contribution >= 4 is 22.6 Å². The molecule has 118 valence electrons. The first-order chi connectivity index (χ1) is 11.0. The van der Waals surface area contributed by atoms with E-state index in [0.29, 0.717) is 0 Å². The molecule has 1 aromatic heterocycles. The van der Waals surface area contributed by atoms with Gasteiger partial charge in [0.2, 0.25) is 0 Å². The summed E-state index contributed by atoms with van der Waals surface area (Å²) in [4.78, 5) is 18.8. The molecule has 0 unspecified atom stereocenters. The van der Waals surface area contributed by atoms with Gasteiger partial charge in [0.05, 0.1) is 0 Å². The van der Waals surface area contributed by atoms with E-state index < -0.39 is 0 Å². The average Bonchev–Trinajstić information content (AvgIpc) is 2.92. The monoisotopic (exact) mass is 310 g/mol. The summed E-state index contributed by atoms with van der Waals surface area (Å²) >= 11 is 0. The van der Waals surface area contributed by atoms with E-state index in [2.05, 4.69) is 15.6 Å². The largest absolute Gasteiger partial charge is 0.385 e. The maximum atomic E-state index is 12.1. The summed E-state index contributed by atoms with van der Waals surface area (Å²) in [5.41, 5.74) is 5.50. The molecule has 6 heteroatoms. The van der Waals surface area contributed by atoms with Crippen LogP contribution in [0.15, 0.2) is 36.4 Å². The van der Waals surface area contributed by atoms with Crippen molar-refractivity contribution < 1.29 is 9.63 Å². The minimum Gasteiger partial charge on any atom is -0.385 e. The van der Waals surface area contributed by atoms with Crippen LogP contribution in [0.2, 0.25) is 0 Å². The van der Waals surface area contributed by atoms with Crippen LogP contribution < -0.4 is 10.2 Å². The molecule has 0 aliphatic heterocycles. The van der Waals surface area contributed by atoms with E-state index in [-0.39, 0.29) is 12.5 Å². The average molecular weight is 310 g/mol. The summed E-state index contributed by atoms with van der Waals surface area (Å²) in [5, 5.41) is 10.8. The van der Waals surface area contributed by atoms with Gasteiger partial charge in [0, 0.05) is 5.69 Å². The Morgan fingerprint density at radius 1 is 1.17 bits per heavy atom. The first-order valence-electron chi connectivity index (χ1n) is 7.36. The fourth-order valence-corrected chi connectivity index (χ4v) is 2.62. The summed E-state index contributed by atoms with van der Waals surface area (Å²) in [7, 11) is 0. The maximum Gasteiger partial charge on any atom is 0.265 e. The number of nitrogens with one attached hydrogen (secondary N) is 1. The SMILES string of the molecule is Cc1cc(C)c(NC(=O)COn2nnc3ccccc32)c(C)c1. The van der Waals surface area contributed by atoms with Gasteiger partial charge in [0.15, 0.2) is 6.61 Å². The maximum absolute atomic E-state index is 12.1. The van der Waals surface area contributed by atoms with Crippen LogP contribution in [-0.4, -0.2) is 27.7 Å². The Hall–Kier alpha value is -2.89. The highest BCUT2D eigenvalue weighted by molar-refractivity contribution is 5.93. The predicted molar refractivity (Wildman–Crippen MR) is 88.3 cm³/mol. The van der Waals surface area contributed by atoms with Crippen molar-refractivity contribution in [3.05, 3.63) is 53.1 Å². The normalized spacial score (nSPS) is 10.7. The number of anilines is 1. The van der Waals surface area contributed by atoms with Crippen molar-refractivity contribution in [3.8, 4) is 0 Å². The number of rotatable bonds is 4. The Bertz CT molecular complexity index is 847. The van der Waals surface area contributed by atoms with Crippen LogP contribution in [0.1, 0.15) is 16.7 Å². The molecule has 0 saturated carbocycles. The number of hydrogen-bond acceptors (Lipinski definition) is 4. The van der Waals surface area contributed by atoms with Crippen molar-refractivity contribution in [3.63, 3.8) is 0 Å². The molecule has 0 atom stereocenters. The van der Waals surface area contributed by atoms with E-state index in [4.69, 9.17) is 4.84 Å². The number of amides is 1. The Morgan fingerprint density at radius 2 is 1.87 bits per heavy atom. The van der Waals surface area contributed by atoms with Crippen molar-refractivity contribution in [2.75, 3.05) is 11.9 Å². The van der Waals surface area contributed by atoms with Crippen molar-refractivity contribution in [1.29, 1.82) is 0 Å². The highest BCUT2D eigenvalue weighted by atomic mass is 16.7. The molecule has 0 spiro atoms. The van der Waals surface area contributed by atoms with Crippen molar-refractivity contribution in [2.45, 2.75) is 20.8 Å².